The number of ether oxygens (including phenoxy) is 1. The van der Waals surface area contributed by atoms with Gasteiger partial charge >= 0.3 is 0 Å². The van der Waals surface area contributed by atoms with E-state index in [4.69, 9.17) is 4.74 Å². The fourth-order valence-corrected chi connectivity index (χ4v) is 0.727. The van der Waals surface area contributed by atoms with E-state index in [-0.39, 0.29) is 6.61 Å². The molecule has 2 heteroatoms. The van der Waals surface area contributed by atoms with Crippen molar-refractivity contribution in [1.29, 1.82) is 0 Å². The van der Waals surface area contributed by atoms with Crippen LogP contribution in [0.15, 0.2) is 0 Å². The summed E-state index contributed by atoms with van der Waals surface area (Å²) in [4.78, 5) is 0. The lowest BCUT2D eigenvalue weighted by atomic mass is 10.1. The molecule has 11 heavy (non-hydrogen) atoms. The highest BCUT2D eigenvalue weighted by atomic mass is 16.5. The summed E-state index contributed by atoms with van der Waals surface area (Å²) in [6.07, 6.45) is 2.79. The standard InChI is InChI=1S/C9H19O2/c1-9(2)5-8-11-7-4-3-6-10/h9H,3-8H2,1-2H3/q-1. The third-order valence-electron chi connectivity index (χ3n) is 1.52. The predicted octanol–water partition coefficient (Wildman–Crippen LogP) is 1.19. The molecule has 0 aromatic heterocycles. The zero-order valence-corrected chi connectivity index (χ0v) is 7.64. The third kappa shape index (κ3) is 9.92. The van der Waals surface area contributed by atoms with Crippen molar-refractivity contribution in [2.24, 2.45) is 5.92 Å². The lowest BCUT2D eigenvalue weighted by Gasteiger charge is -2.06. The van der Waals surface area contributed by atoms with E-state index in [1.807, 2.05) is 0 Å². The van der Waals surface area contributed by atoms with E-state index in [9.17, 15) is 5.11 Å². The average Bonchev–Trinajstić information content (AvgIpc) is 1.96. The van der Waals surface area contributed by atoms with E-state index >= 15 is 0 Å². The number of unbranched alkanes of at least 4 members (excludes halogenated alkanes) is 1. The Morgan fingerprint density at radius 1 is 1.18 bits per heavy atom. The fraction of sp³-hybridized carbons (Fsp3) is 1.00. The summed E-state index contributed by atoms with van der Waals surface area (Å²) >= 11 is 0. The van der Waals surface area contributed by atoms with E-state index in [1.165, 1.54) is 0 Å². The largest absolute Gasteiger partial charge is 0.854 e. The van der Waals surface area contributed by atoms with Gasteiger partial charge in [-0.3, -0.25) is 0 Å². The monoisotopic (exact) mass is 159 g/mol. The molecule has 0 amide bonds. The first-order chi connectivity index (χ1) is 5.27. The van der Waals surface area contributed by atoms with Crippen molar-refractivity contribution in [3.63, 3.8) is 0 Å². The molecule has 0 aromatic carbocycles. The molecular formula is C9H19O2-. The molecule has 0 fully saturated rings. The molecule has 0 saturated carbocycles. The molecule has 0 bridgehead atoms. The van der Waals surface area contributed by atoms with Crippen molar-refractivity contribution in [2.75, 3.05) is 19.8 Å². The highest BCUT2D eigenvalue weighted by Crippen LogP contribution is 1.99. The zero-order valence-electron chi connectivity index (χ0n) is 7.64. The second kappa shape index (κ2) is 8.02. The van der Waals surface area contributed by atoms with E-state index in [2.05, 4.69) is 13.8 Å². The average molecular weight is 159 g/mol. The Morgan fingerprint density at radius 3 is 2.45 bits per heavy atom. The molecule has 0 rings (SSSR count). The second-order valence-corrected chi connectivity index (χ2v) is 3.21. The van der Waals surface area contributed by atoms with E-state index in [1.54, 1.807) is 0 Å². The molecule has 0 aliphatic heterocycles. The van der Waals surface area contributed by atoms with Gasteiger partial charge in [0, 0.05) is 13.2 Å². The molecule has 0 N–H and O–H groups in total. The third-order valence-corrected chi connectivity index (χ3v) is 1.52. The summed E-state index contributed by atoms with van der Waals surface area (Å²) in [6, 6.07) is 0. The van der Waals surface area contributed by atoms with Crippen LogP contribution in [0.1, 0.15) is 33.1 Å². The Balaban J connectivity index is 2.80. The minimum absolute atomic E-state index is 0.0353. The van der Waals surface area contributed by atoms with Crippen molar-refractivity contribution >= 4 is 0 Å². The zero-order chi connectivity index (χ0) is 8.53. The summed E-state index contributed by atoms with van der Waals surface area (Å²) in [5, 5.41) is 10.0. The van der Waals surface area contributed by atoms with Crippen LogP contribution in [-0.2, 0) is 4.74 Å². The molecule has 0 saturated heterocycles. The van der Waals surface area contributed by atoms with Gasteiger partial charge in [0.2, 0.25) is 0 Å². The Hall–Kier alpha value is -0.0800. The molecular weight excluding hydrogens is 140 g/mol. The van der Waals surface area contributed by atoms with Crippen LogP contribution in [0, 0.1) is 5.92 Å². The van der Waals surface area contributed by atoms with Crippen LogP contribution in [0.2, 0.25) is 0 Å². The van der Waals surface area contributed by atoms with Crippen LogP contribution in [0.5, 0.6) is 0 Å². The highest BCUT2D eigenvalue weighted by Gasteiger charge is 1.92. The van der Waals surface area contributed by atoms with Crippen LogP contribution >= 0.6 is 0 Å². The first-order valence-electron chi connectivity index (χ1n) is 4.43. The molecule has 0 aliphatic carbocycles. The van der Waals surface area contributed by atoms with Gasteiger partial charge in [0.1, 0.15) is 0 Å². The Labute approximate surface area is 69.6 Å². The van der Waals surface area contributed by atoms with Gasteiger partial charge in [-0.2, -0.15) is 0 Å². The quantitative estimate of drug-likeness (QED) is 0.523. The van der Waals surface area contributed by atoms with Gasteiger partial charge in [-0.05, 0) is 18.8 Å². The minimum Gasteiger partial charge on any atom is -0.854 e. The van der Waals surface area contributed by atoms with Gasteiger partial charge in [-0.1, -0.05) is 20.3 Å². The number of hydrogen-bond acceptors (Lipinski definition) is 2. The van der Waals surface area contributed by atoms with Crippen molar-refractivity contribution in [2.45, 2.75) is 33.1 Å². The van der Waals surface area contributed by atoms with Crippen LogP contribution in [0.3, 0.4) is 0 Å². The summed E-state index contributed by atoms with van der Waals surface area (Å²) in [7, 11) is 0. The lowest BCUT2D eigenvalue weighted by molar-refractivity contribution is -0.368. The first-order valence-corrected chi connectivity index (χ1v) is 4.43. The van der Waals surface area contributed by atoms with E-state index < -0.39 is 0 Å². The van der Waals surface area contributed by atoms with E-state index in [0.717, 1.165) is 38.4 Å². The normalized spacial score (nSPS) is 10.9. The molecule has 0 radical (unpaired) electrons. The van der Waals surface area contributed by atoms with Crippen LogP contribution < -0.4 is 5.11 Å². The second-order valence-electron chi connectivity index (χ2n) is 3.21. The van der Waals surface area contributed by atoms with Crippen molar-refractivity contribution in [1.82, 2.24) is 0 Å². The minimum atomic E-state index is 0.0353. The Morgan fingerprint density at radius 2 is 1.91 bits per heavy atom. The lowest BCUT2D eigenvalue weighted by Crippen LogP contribution is -2.07. The Kier molecular flexibility index (Phi) is 7.96. The van der Waals surface area contributed by atoms with Gasteiger partial charge < -0.3 is 9.84 Å². The van der Waals surface area contributed by atoms with Gasteiger partial charge in [0.05, 0.1) is 0 Å². The van der Waals surface area contributed by atoms with E-state index in [0.29, 0.717) is 0 Å². The number of hydrogen-bond donors (Lipinski definition) is 0. The molecule has 0 aromatic rings. The maximum atomic E-state index is 10.0. The molecule has 0 aliphatic rings. The smallest absolute Gasteiger partial charge is 0.0468 e. The van der Waals surface area contributed by atoms with Crippen molar-refractivity contribution < 1.29 is 9.84 Å². The number of rotatable bonds is 7. The molecule has 0 atom stereocenters. The van der Waals surface area contributed by atoms with Crippen LogP contribution in [0.4, 0.5) is 0 Å². The van der Waals surface area contributed by atoms with Gasteiger partial charge in [0.15, 0.2) is 0 Å². The topological polar surface area (TPSA) is 32.3 Å². The maximum absolute atomic E-state index is 10.0. The summed E-state index contributed by atoms with van der Waals surface area (Å²) in [5.41, 5.74) is 0. The maximum Gasteiger partial charge on any atom is 0.0468 e. The summed E-state index contributed by atoms with van der Waals surface area (Å²) < 4.78 is 5.31. The predicted molar refractivity (Wildman–Crippen MR) is 44.4 cm³/mol. The highest BCUT2D eigenvalue weighted by molar-refractivity contribution is 4.43. The summed E-state index contributed by atoms with van der Waals surface area (Å²) in [5.74, 6) is 0.717. The van der Waals surface area contributed by atoms with Gasteiger partial charge in [0.25, 0.3) is 0 Å². The molecule has 68 valence electrons. The molecule has 2 nitrogen and oxygen atoms in total. The van der Waals surface area contributed by atoms with Crippen molar-refractivity contribution in [3.8, 4) is 0 Å². The molecule has 0 unspecified atom stereocenters. The molecule has 0 heterocycles. The summed E-state index contributed by atoms with van der Waals surface area (Å²) in [6.45, 7) is 6.00. The van der Waals surface area contributed by atoms with Gasteiger partial charge in [-0.15, -0.1) is 6.61 Å². The van der Waals surface area contributed by atoms with Crippen LogP contribution in [-0.4, -0.2) is 19.8 Å². The van der Waals surface area contributed by atoms with Crippen molar-refractivity contribution in [3.05, 3.63) is 0 Å². The fourth-order valence-electron chi connectivity index (χ4n) is 0.727. The Bertz CT molecular complexity index is 72.0. The SMILES string of the molecule is CC(C)CCOCCCC[O-]. The molecule has 0 spiro atoms. The first kappa shape index (κ1) is 10.9. The van der Waals surface area contributed by atoms with Crippen LogP contribution in [0.25, 0.3) is 0 Å². The van der Waals surface area contributed by atoms with Gasteiger partial charge in [-0.25, -0.2) is 0 Å².